The van der Waals surface area contributed by atoms with Gasteiger partial charge in [0.2, 0.25) is 0 Å². The summed E-state index contributed by atoms with van der Waals surface area (Å²) in [6.07, 6.45) is 3.89. The maximum Gasteiger partial charge on any atom is 0.0408 e. The van der Waals surface area contributed by atoms with Gasteiger partial charge in [-0.3, -0.25) is 0 Å². The molecule has 1 aromatic rings. The van der Waals surface area contributed by atoms with Crippen molar-refractivity contribution in [3.8, 4) is 0 Å². The van der Waals surface area contributed by atoms with Crippen LogP contribution in [0.15, 0.2) is 24.3 Å². The van der Waals surface area contributed by atoms with Crippen LogP contribution in [-0.4, -0.2) is 37.1 Å². The summed E-state index contributed by atoms with van der Waals surface area (Å²) in [6, 6.07) is 9.04. The van der Waals surface area contributed by atoms with Crippen molar-refractivity contribution in [2.45, 2.75) is 45.1 Å². The number of likely N-dealkylation sites (N-methyl/N-ethyl adjacent to an activating group) is 1. The van der Waals surface area contributed by atoms with Gasteiger partial charge >= 0.3 is 0 Å². The van der Waals surface area contributed by atoms with Gasteiger partial charge < -0.3 is 10.2 Å². The van der Waals surface area contributed by atoms with Crippen molar-refractivity contribution < 1.29 is 0 Å². The van der Waals surface area contributed by atoms with E-state index >= 15 is 0 Å². The lowest BCUT2D eigenvalue weighted by atomic mass is 9.98. The lowest BCUT2D eigenvalue weighted by Crippen LogP contribution is -2.38. The lowest BCUT2D eigenvalue weighted by Gasteiger charge is -2.32. The fraction of sp³-hybridized carbons (Fsp3) is 0.647. The highest BCUT2D eigenvalue weighted by atomic mass is 35.5. The molecule has 1 aliphatic rings. The van der Waals surface area contributed by atoms with E-state index in [1.54, 1.807) is 0 Å². The zero-order valence-electron chi connectivity index (χ0n) is 12.7. The smallest absolute Gasteiger partial charge is 0.0408 e. The minimum Gasteiger partial charge on any atom is -0.317 e. The van der Waals surface area contributed by atoms with E-state index in [0.29, 0.717) is 5.92 Å². The first-order valence-corrected chi connectivity index (χ1v) is 8.28. The molecular weight excluding hydrogens is 268 g/mol. The molecule has 0 spiro atoms. The molecule has 2 unspecified atom stereocenters. The number of hydrogen-bond donors (Lipinski definition) is 1. The first-order chi connectivity index (χ1) is 9.70. The molecule has 0 saturated carbocycles. The van der Waals surface area contributed by atoms with E-state index < -0.39 is 0 Å². The summed E-state index contributed by atoms with van der Waals surface area (Å²) in [6.45, 7) is 9.19. The van der Waals surface area contributed by atoms with Gasteiger partial charge in [-0.25, -0.2) is 0 Å². The Bertz CT molecular complexity index is 400. The van der Waals surface area contributed by atoms with Crippen LogP contribution in [0.25, 0.3) is 0 Å². The average Bonchev–Trinajstić information content (AvgIpc) is 2.73. The Morgan fingerprint density at radius 1 is 1.35 bits per heavy atom. The summed E-state index contributed by atoms with van der Waals surface area (Å²) in [5.74, 6) is 0.532. The minimum absolute atomic E-state index is 0.532. The summed E-state index contributed by atoms with van der Waals surface area (Å²) in [5.41, 5.74) is 1.35. The van der Waals surface area contributed by atoms with E-state index in [1.807, 2.05) is 6.07 Å². The van der Waals surface area contributed by atoms with Gasteiger partial charge in [0.05, 0.1) is 0 Å². The van der Waals surface area contributed by atoms with Crippen molar-refractivity contribution in [1.82, 2.24) is 10.2 Å². The molecule has 0 bridgehead atoms. The van der Waals surface area contributed by atoms with Crippen LogP contribution in [0.1, 0.15) is 44.6 Å². The molecule has 2 atom stereocenters. The number of nitrogens with one attached hydrogen (secondary N) is 1. The predicted molar refractivity (Wildman–Crippen MR) is 87.6 cm³/mol. The van der Waals surface area contributed by atoms with E-state index in [1.165, 1.54) is 31.4 Å². The van der Waals surface area contributed by atoms with E-state index in [-0.39, 0.29) is 0 Å². The third-order valence-corrected chi connectivity index (χ3v) is 4.63. The second-order valence-corrected chi connectivity index (χ2v) is 6.31. The van der Waals surface area contributed by atoms with Crippen molar-refractivity contribution >= 4 is 11.6 Å². The molecule has 1 N–H and O–H groups in total. The monoisotopic (exact) mass is 294 g/mol. The lowest BCUT2D eigenvalue weighted by molar-refractivity contribution is 0.182. The molecule has 1 heterocycles. The number of hydrogen-bond acceptors (Lipinski definition) is 2. The van der Waals surface area contributed by atoms with Crippen molar-refractivity contribution in [2.24, 2.45) is 0 Å². The van der Waals surface area contributed by atoms with Crippen LogP contribution in [0.2, 0.25) is 5.02 Å². The summed E-state index contributed by atoms with van der Waals surface area (Å²) < 4.78 is 0. The Morgan fingerprint density at radius 2 is 2.20 bits per heavy atom. The van der Waals surface area contributed by atoms with Gasteiger partial charge in [0.25, 0.3) is 0 Å². The molecule has 20 heavy (non-hydrogen) atoms. The van der Waals surface area contributed by atoms with E-state index in [2.05, 4.69) is 42.3 Å². The number of benzene rings is 1. The fourth-order valence-electron chi connectivity index (χ4n) is 3.17. The van der Waals surface area contributed by atoms with E-state index in [9.17, 15) is 0 Å². The van der Waals surface area contributed by atoms with Crippen molar-refractivity contribution in [1.29, 1.82) is 0 Å². The molecule has 1 aromatic carbocycles. The Hall–Kier alpha value is -0.570. The van der Waals surface area contributed by atoms with Crippen LogP contribution < -0.4 is 5.32 Å². The Balaban J connectivity index is 1.97. The van der Waals surface area contributed by atoms with Crippen LogP contribution >= 0.6 is 11.6 Å². The van der Waals surface area contributed by atoms with E-state index in [0.717, 1.165) is 30.7 Å². The predicted octanol–water partition coefficient (Wildman–Crippen LogP) is 3.91. The van der Waals surface area contributed by atoms with Gasteiger partial charge in [0, 0.05) is 17.6 Å². The van der Waals surface area contributed by atoms with Crippen LogP contribution in [0, 0.1) is 0 Å². The van der Waals surface area contributed by atoms with Gasteiger partial charge in [-0.15, -0.1) is 0 Å². The summed E-state index contributed by atoms with van der Waals surface area (Å²) in [5, 5.41) is 4.35. The first-order valence-electron chi connectivity index (χ1n) is 7.91. The summed E-state index contributed by atoms with van der Waals surface area (Å²) in [7, 11) is 0. The maximum atomic E-state index is 6.11. The summed E-state index contributed by atoms with van der Waals surface area (Å²) in [4.78, 5) is 2.65. The van der Waals surface area contributed by atoms with Crippen LogP contribution in [0.5, 0.6) is 0 Å². The molecule has 0 amide bonds. The van der Waals surface area contributed by atoms with Crippen LogP contribution in [0.4, 0.5) is 0 Å². The quantitative estimate of drug-likeness (QED) is 0.886. The molecule has 2 nitrogen and oxygen atoms in total. The molecule has 2 rings (SSSR count). The Kier molecular flexibility index (Phi) is 6.34. The summed E-state index contributed by atoms with van der Waals surface area (Å²) >= 11 is 6.11. The molecule has 0 radical (unpaired) electrons. The highest BCUT2D eigenvalue weighted by molar-refractivity contribution is 6.30. The molecule has 0 aliphatic carbocycles. The average molecular weight is 295 g/mol. The highest BCUT2D eigenvalue weighted by Gasteiger charge is 2.20. The molecule has 3 heteroatoms. The minimum atomic E-state index is 0.532. The third kappa shape index (κ3) is 4.47. The van der Waals surface area contributed by atoms with Gasteiger partial charge in [-0.2, -0.15) is 0 Å². The number of rotatable bonds is 5. The largest absolute Gasteiger partial charge is 0.317 e. The Labute approximate surface area is 128 Å². The van der Waals surface area contributed by atoms with Gasteiger partial charge in [-0.1, -0.05) is 37.6 Å². The zero-order chi connectivity index (χ0) is 14.4. The SMILES string of the molecule is CCN(CC(C)c1cccc(Cl)c1)C1CCCNCC1. The first kappa shape index (κ1) is 15.8. The molecule has 0 aromatic heterocycles. The second-order valence-electron chi connectivity index (χ2n) is 5.88. The molecular formula is C17H27ClN2. The Morgan fingerprint density at radius 3 is 2.95 bits per heavy atom. The van der Waals surface area contributed by atoms with Gasteiger partial charge in [0.15, 0.2) is 0 Å². The third-order valence-electron chi connectivity index (χ3n) is 4.39. The van der Waals surface area contributed by atoms with Crippen molar-refractivity contribution in [3.05, 3.63) is 34.9 Å². The van der Waals surface area contributed by atoms with Crippen molar-refractivity contribution in [3.63, 3.8) is 0 Å². The molecule has 112 valence electrons. The normalized spacial score (nSPS) is 21.7. The van der Waals surface area contributed by atoms with Crippen molar-refractivity contribution in [2.75, 3.05) is 26.2 Å². The maximum absolute atomic E-state index is 6.11. The van der Waals surface area contributed by atoms with E-state index in [4.69, 9.17) is 11.6 Å². The second kappa shape index (κ2) is 8.02. The number of nitrogens with zero attached hydrogens (tertiary/aromatic N) is 1. The highest BCUT2D eigenvalue weighted by Crippen LogP contribution is 2.23. The van der Waals surface area contributed by atoms with Gasteiger partial charge in [0.1, 0.15) is 0 Å². The van der Waals surface area contributed by atoms with Crippen LogP contribution in [-0.2, 0) is 0 Å². The topological polar surface area (TPSA) is 15.3 Å². The zero-order valence-corrected chi connectivity index (χ0v) is 13.5. The standard InChI is InChI=1S/C17H27ClN2/c1-3-20(17-8-5-10-19-11-9-17)13-14(2)15-6-4-7-16(18)12-15/h4,6-7,12,14,17,19H,3,5,8-11,13H2,1-2H3. The van der Waals surface area contributed by atoms with Crippen LogP contribution in [0.3, 0.4) is 0 Å². The molecule has 1 aliphatic heterocycles. The fourth-order valence-corrected chi connectivity index (χ4v) is 3.37. The molecule has 1 fully saturated rings. The van der Waals surface area contributed by atoms with Gasteiger partial charge in [-0.05, 0) is 62.5 Å². The molecule has 1 saturated heterocycles. The number of halogens is 1.